The summed E-state index contributed by atoms with van der Waals surface area (Å²) in [6.07, 6.45) is 0.603. The highest BCUT2D eigenvalue weighted by molar-refractivity contribution is 7.10. The van der Waals surface area contributed by atoms with Crippen LogP contribution in [0.4, 0.5) is 10.5 Å². The van der Waals surface area contributed by atoms with Crippen LogP contribution in [0.1, 0.15) is 21.6 Å². The van der Waals surface area contributed by atoms with Crippen LogP contribution in [0.15, 0.2) is 53.9 Å². The second kappa shape index (κ2) is 14.8. The number of carbonyl (C=O) groups is 2. The smallest absolute Gasteiger partial charge is 0.322 e. The largest absolute Gasteiger partial charge is 0.493 e. The number of anilines is 1. The maximum absolute atomic E-state index is 13.6. The lowest BCUT2D eigenvalue weighted by atomic mass is 10.1. The molecule has 206 valence electrons. The van der Waals surface area contributed by atoms with Crippen molar-refractivity contribution in [2.24, 2.45) is 0 Å². The first-order valence-electron chi connectivity index (χ1n) is 12.4. The van der Waals surface area contributed by atoms with Gasteiger partial charge >= 0.3 is 6.03 Å². The van der Waals surface area contributed by atoms with Gasteiger partial charge in [-0.2, -0.15) is 5.26 Å². The zero-order valence-corrected chi connectivity index (χ0v) is 23.5. The first-order chi connectivity index (χ1) is 18.9. The summed E-state index contributed by atoms with van der Waals surface area (Å²) in [5.41, 5.74) is 3.16. The summed E-state index contributed by atoms with van der Waals surface area (Å²) in [5.74, 6) is 1.10. The maximum atomic E-state index is 13.6. The van der Waals surface area contributed by atoms with E-state index in [1.54, 1.807) is 61.8 Å². The topological polar surface area (TPSA) is 104 Å². The Bertz CT molecular complexity index is 1290. The molecule has 1 aromatic heterocycles. The summed E-state index contributed by atoms with van der Waals surface area (Å²) in [5, 5.41) is 13.8. The number of methoxy groups -OCH3 is 3. The molecule has 0 saturated carbocycles. The van der Waals surface area contributed by atoms with E-state index in [4.69, 9.17) is 19.5 Å². The Balaban J connectivity index is 1.76. The number of urea groups is 1. The minimum absolute atomic E-state index is 0.109. The van der Waals surface area contributed by atoms with Gasteiger partial charge in [-0.15, -0.1) is 11.3 Å². The van der Waals surface area contributed by atoms with Crippen LogP contribution in [0.25, 0.3) is 0 Å². The van der Waals surface area contributed by atoms with Crippen molar-refractivity contribution in [3.63, 3.8) is 0 Å². The van der Waals surface area contributed by atoms with Gasteiger partial charge in [0.25, 0.3) is 0 Å². The molecule has 3 aromatic rings. The second-order valence-electron chi connectivity index (χ2n) is 8.82. The van der Waals surface area contributed by atoms with Gasteiger partial charge in [-0.25, -0.2) is 4.79 Å². The predicted molar refractivity (Wildman–Crippen MR) is 151 cm³/mol. The average Bonchev–Trinajstić information content (AvgIpc) is 3.37. The van der Waals surface area contributed by atoms with Gasteiger partial charge in [-0.05, 0) is 72.3 Å². The molecule has 39 heavy (non-hydrogen) atoms. The number of carbonyl (C=O) groups excluding carboxylic acids is 2. The number of nitrogens with zero attached hydrogens (tertiary/aromatic N) is 3. The molecule has 0 radical (unpaired) electrons. The van der Waals surface area contributed by atoms with Crippen molar-refractivity contribution >= 4 is 29.0 Å². The van der Waals surface area contributed by atoms with Crippen molar-refractivity contribution < 1.29 is 23.8 Å². The highest BCUT2D eigenvalue weighted by atomic mass is 32.1. The van der Waals surface area contributed by atoms with E-state index in [1.807, 2.05) is 36.6 Å². The minimum atomic E-state index is -0.419. The molecule has 3 rings (SSSR count). The molecule has 10 heteroatoms. The van der Waals surface area contributed by atoms with Crippen LogP contribution in [0.5, 0.6) is 11.5 Å². The van der Waals surface area contributed by atoms with Crippen LogP contribution in [-0.2, 0) is 22.5 Å². The van der Waals surface area contributed by atoms with Crippen LogP contribution in [0.3, 0.4) is 0 Å². The molecule has 0 spiro atoms. The number of aryl methyl sites for hydroxylation is 1. The lowest BCUT2D eigenvalue weighted by molar-refractivity contribution is -0.132. The van der Waals surface area contributed by atoms with Gasteiger partial charge in [0.1, 0.15) is 6.54 Å². The third-order valence-corrected chi connectivity index (χ3v) is 7.23. The quantitative estimate of drug-likeness (QED) is 0.331. The van der Waals surface area contributed by atoms with Gasteiger partial charge < -0.3 is 29.3 Å². The lowest BCUT2D eigenvalue weighted by Crippen LogP contribution is -2.46. The molecule has 0 fully saturated rings. The van der Waals surface area contributed by atoms with Crippen LogP contribution in [-0.4, -0.2) is 69.3 Å². The van der Waals surface area contributed by atoms with Gasteiger partial charge in [0.2, 0.25) is 5.91 Å². The molecule has 0 unspecified atom stereocenters. The maximum Gasteiger partial charge on any atom is 0.322 e. The zero-order chi connectivity index (χ0) is 28.2. The van der Waals surface area contributed by atoms with Crippen LogP contribution in [0, 0.1) is 18.3 Å². The number of rotatable bonds is 13. The summed E-state index contributed by atoms with van der Waals surface area (Å²) >= 11 is 1.61. The molecule has 0 bridgehead atoms. The first kappa shape index (κ1) is 29.5. The van der Waals surface area contributed by atoms with Gasteiger partial charge in [0.05, 0.1) is 39.0 Å². The average molecular weight is 551 g/mol. The Morgan fingerprint density at radius 3 is 2.33 bits per heavy atom. The van der Waals surface area contributed by atoms with Crippen LogP contribution >= 0.6 is 11.3 Å². The molecule has 0 aliphatic rings. The number of thiophene rings is 1. The molecule has 0 aliphatic carbocycles. The van der Waals surface area contributed by atoms with Crippen molar-refractivity contribution in [1.29, 1.82) is 5.26 Å². The molecule has 9 nitrogen and oxygen atoms in total. The van der Waals surface area contributed by atoms with E-state index < -0.39 is 6.03 Å². The third-order valence-electron chi connectivity index (χ3n) is 6.22. The highest BCUT2D eigenvalue weighted by Crippen LogP contribution is 2.28. The zero-order valence-electron chi connectivity index (χ0n) is 22.7. The van der Waals surface area contributed by atoms with Gasteiger partial charge in [0, 0.05) is 30.8 Å². The second-order valence-corrected chi connectivity index (χ2v) is 9.82. The number of nitriles is 1. The lowest BCUT2D eigenvalue weighted by Gasteiger charge is -2.28. The van der Waals surface area contributed by atoms with E-state index in [0.717, 1.165) is 16.0 Å². The molecule has 1 N–H and O–H groups in total. The molecule has 2 aromatic carbocycles. The predicted octanol–water partition coefficient (Wildman–Crippen LogP) is 4.70. The summed E-state index contributed by atoms with van der Waals surface area (Å²) in [4.78, 5) is 31.1. The van der Waals surface area contributed by atoms with E-state index in [0.29, 0.717) is 42.3 Å². The number of hydrogen-bond acceptors (Lipinski definition) is 7. The van der Waals surface area contributed by atoms with Crippen LogP contribution in [0.2, 0.25) is 0 Å². The molecule has 3 amide bonds. The monoisotopic (exact) mass is 550 g/mol. The van der Waals surface area contributed by atoms with E-state index in [1.165, 1.54) is 4.90 Å². The number of hydrogen-bond donors (Lipinski definition) is 1. The molecule has 0 saturated heterocycles. The van der Waals surface area contributed by atoms with Gasteiger partial charge in [-0.3, -0.25) is 4.79 Å². The number of benzene rings is 2. The number of nitrogens with one attached hydrogen (secondary N) is 1. The van der Waals surface area contributed by atoms with Crippen molar-refractivity contribution in [2.75, 3.05) is 52.9 Å². The Hall–Kier alpha value is -4.07. The summed E-state index contributed by atoms with van der Waals surface area (Å²) in [7, 11) is 4.73. The van der Waals surface area contributed by atoms with Crippen LogP contribution < -0.4 is 14.8 Å². The fourth-order valence-electron chi connectivity index (χ4n) is 3.88. The van der Waals surface area contributed by atoms with E-state index in [9.17, 15) is 9.59 Å². The Labute approximate surface area is 233 Å². The van der Waals surface area contributed by atoms with Crippen molar-refractivity contribution in [3.8, 4) is 17.6 Å². The standard InChI is InChI=1S/C29H34N4O5S/c1-21-12-16-39-27(21)19-32(13-11-22-7-10-25(37-3)26(17-22)38-4)28(34)20-33(14-15-36-2)29(35)31-24-8-5-23(18-30)6-9-24/h5-10,12,16-17H,11,13-15,19-20H2,1-4H3,(H,31,35). The van der Waals surface area contributed by atoms with E-state index in [2.05, 4.69) is 11.4 Å². The Morgan fingerprint density at radius 2 is 1.72 bits per heavy atom. The van der Waals surface area contributed by atoms with E-state index >= 15 is 0 Å². The molecular formula is C29H34N4O5S. The van der Waals surface area contributed by atoms with Gasteiger partial charge in [-0.1, -0.05) is 6.07 Å². The summed E-state index contributed by atoms with van der Waals surface area (Å²) in [6, 6.07) is 15.9. The molecule has 1 heterocycles. The SMILES string of the molecule is COCCN(CC(=O)N(CCc1ccc(OC)c(OC)c1)Cc1sccc1C)C(=O)Nc1ccc(C#N)cc1. The van der Waals surface area contributed by atoms with Crippen molar-refractivity contribution in [1.82, 2.24) is 9.80 Å². The minimum Gasteiger partial charge on any atom is -0.493 e. The number of ether oxygens (including phenoxy) is 3. The van der Waals surface area contributed by atoms with Crippen molar-refractivity contribution in [3.05, 3.63) is 75.5 Å². The number of amides is 3. The fourth-order valence-corrected chi connectivity index (χ4v) is 4.80. The third kappa shape index (κ3) is 8.46. The fraction of sp³-hybridized carbons (Fsp3) is 0.345. The van der Waals surface area contributed by atoms with E-state index in [-0.39, 0.29) is 25.6 Å². The molecular weight excluding hydrogens is 516 g/mol. The normalized spacial score (nSPS) is 10.4. The first-order valence-corrected chi connectivity index (χ1v) is 13.3. The summed E-state index contributed by atoms with van der Waals surface area (Å²) in [6.45, 7) is 3.35. The van der Waals surface area contributed by atoms with Crippen molar-refractivity contribution in [2.45, 2.75) is 19.9 Å². The highest BCUT2D eigenvalue weighted by Gasteiger charge is 2.23. The Morgan fingerprint density at radius 1 is 0.974 bits per heavy atom. The molecule has 0 aliphatic heterocycles. The Kier molecular flexibility index (Phi) is 11.2. The molecule has 0 atom stereocenters. The summed E-state index contributed by atoms with van der Waals surface area (Å²) < 4.78 is 16.0. The van der Waals surface area contributed by atoms with Gasteiger partial charge in [0.15, 0.2) is 11.5 Å².